The molecule has 15 heavy (non-hydrogen) atoms. The van der Waals surface area contributed by atoms with Crippen LogP contribution in [0.4, 0.5) is 5.95 Å². The van der Waals surface area contributed by atoms with E-state index in [0.717, 1.165) is 6.42 Å². The summed E-state index contributed by atoms with van der Waals surface area (Å²) in [4.78, 5) is 8.14. The van der Waals surface area contributed by atoms with Gasteiger partial charge in [-0.3, -0.25) is 0 Å². The largest absolute Gasteiger partial charge is 0.353 e. The predicted octanol–water partition coefficient (Wildman–Crippen LogP) is 1.65. The number of hydrogen-bond donors (Lipinski definition) is 2. The summed E-state index contributed by atoms with van der Waals surface area (Å²) in [6, 6.07) is 1.93. The van der Waals surface area contributed by atoms with Crippen molar-refractivity contribution in [1.82, 2.24) is 9.97 Å². The van der Waals surface area contributed by atoms with E-state index in [2.05, 4.69) is 36.1 Å². The minimum absolute atomic E-state index is 0.133. The monoisotopic (exact) mass is 208 g/mol. The molecule has 0 saturated carbocycles. The van der Waals surface area contributed by atoms with E-state index >= 15 is 0 Å². The first-order valence-electron chi connectivity index (χ1n) is 5.24. The van der Waals surface area contributed by atoms with Crippen molar-refractivity contribution < 1.29 is 0 Å². The van der Waals surface area contributed by atoms with Gasteiger partial charge in [-0.15, -0.1) is 0 Å². The van der Waals surface area contributed by atoms with Gasteiger partial charge in [0.15, 0.2) is 0 Å². The summed E-state index contributed by atoms with van der Waals surface area (Å²) in [5.41, 5.74) is 6.25. The van der Waals surface area contributed by atoms with Crippen LogP contribution in [0.3, 0.4) is 0 Å². The molecule has 0 spiro atoms. The molecule has 0 aliphatic heterocycles. The molecule has 0 radical (unpaired) electrons. The number of rotatable bonds is 4. The Balaban J connectivity index is 2.32. The van der Waals surface area contributed by atoms with Crippen molar-refractivity contribution >= 4 is 5.95 Å². The normalized spacial score (nSPS) is 13.6. The highest BCUT2D eigenvalue weighted by Crippen LogP contribution is 2.19. The van der Waals surface area contributed by atoms with E-state index < -0.39 is 0 Å². The third-order valence-corrected chi connectivity index (χ3v) is 1.96. The summed E-state index contributed by atoms with van der Waals surface area (Å²) in [5, 5.41) is 3.12. The molecule has 84 valence electrons. The average Bonchev–Trinajstić information content (AvgIpc) is 2.14. The fourth-order valence-corrected chi connectivity index (χ4v) is 1.47. The molecule has 0 fully saturated rings. The Morgan fingerprint density at radius 3 is 2.47 bits per heavy atom. The molecule has 0 aliphatic carbocycles. The van der Waals surface area contributed by atoms with Crippen LogP contribution in [0.5, 0.6) is 0 Å². The summed E-state index contributed by atoms with van der Waals surface area (Å²) in [7, 11) is 0. The summed E-state index contributed by atoms with van der Waals surface area (Å²) in [5.74, 6) is 0.641. The van der Waals surface area contributed by atoms with Gasteiger partial charge in [0.2, 0.25) is 5.95 Å². The summed E-state index contributed by atoms with van der Waals surface area (Å²) in [6.07, 6.45) is 4.40. The van der Waals surface area contributed by atoms with Crippen molar-refractivity contribution in [2.45, 2.75) is 33.2 Å². The van der Waals surface area contributed by atoms with Gasteiger partial charge in [-0.1, -0.05) is 20.8 Å². The van der Waals surface area contributed by atoms with Crippen molar-refractivity contribution in [2.24, 2.45) is 11.1 Å². The zero-order valence-corrected chi connectivity index (χ0v) is 9.70. The molecule has 0 amide bonds. The molecule has 1 heterocycles. The molecule has 0 aliphatic rings. The Bertz CT molecular complexity index is 278. The minimum Gasteiger partial charge on any atom is -0.353 e. The van der Waals surface area contributed by atoms with Crippen LogP contribution in [0.15, 0.2) is 18.5 Å². The number of nitrogens with one attached hydrogen (secondary N) is 1. The number of aromatic nitrogens is 2. The quantitative estimate of drug-likeness (QED) is 0.789. The Morgan fingerprint density at radius 2 is 1.93 bits per heavy atom. The van der Waals surface area contributed by atoms with E-state index in [-0.39, 0.29) is 11.5 Å². The summed E-state index contributed by atoms with van der Waals surface area (Å²) in [6.45, 7) is 7.27. The highest BCUT2D eigenvalue weighted by Gasteiger charge is 2.15. The minimum atomic E-state index is 0.133. The zero-order chi connectivity index (χ0) is 11.3. The molecule has 1 unspecified atom stereocenters. The molecule has 3 N–H and O–H groups in total. The Kier molecular flexibility index (Phi) is 4.03. The second kappa shape index (κ2) is 5.07. The molecular weight excluding hydrogens is 188 g/mol. The highest BCUT2D eigenvalue weighted by molar-refractivity contribution is 5.22. The van der Waals surface area contributed by atoms with E-state index in [9.17, 15) is 0 Å². The zero-order valence-electron chi connectivity index (χ0n) is 9.70. The van der Waals surface area contributed by atoms with E-state index in [1.807, 2.05) is 0 Å². The van der Waals surface area contributed by atoms with Crippen LogP contribution in [-0.2, 0) is 0 Å². The molecule has 1 atom stereocenters. The topological polar surface area (TPSA) is 63.8 Å². The molecular formula is C11H20N4. The third-order valence-electron chi connectivity index (χ3n) is 1.96. The first-order valence-corrected chi connectivity index (χ1v) is 5.24. The molecule has 1 rings (SSSR count). The molecule has 0 saturated heterocycles. The van der Waals surface area contributed by atoms with Gasteiger partial charge < -0.3 is 11.1 Å². The van der Waals surface area contributed by atoms with E-state index in [4.69, 9.17) is 5.73 Å². The van der Waals surface area contributed by atoms with Crippen LogP contribution in [0, 0.1) is 5.41 Å². The van der Waals surface area contributed by atoms with Crippen LogP contribution in [0.25, 0.3) is 0 Å². The Morgan fingerprint density at radius 1 is 1.33 bits per heavy atom. The molecule has 4 heteroatoms. The van der Waals surface area contributed by atoms with Gasteiger partial charge in [-0.05, 0) is 17.9 Å². The smallest absolute Gasteiger partial charge is 0.222 e. The van der Waals surface area contributed by atoms with Crippen molar-refractivity contribution in [3.63, 3.8) is 0 Å². The van der Waals surface area contributed by atoms with Gasteiger partial charge in [0.1, 0.15) is 0 Å². The fraction of sp³-hybridized carbons (Fsp3) is 0.636. The number of nitrogens with zero attached hydrogens (tertiary/aromatic N) is 2. The second-order valence-corrected chi connectivity index (χ2v) is 4.98. The van der Waals surface area contributed by atoms with Gasteiger partial charge >= 0.3 is 0 Å². The van der Waals surface area contributed by atoms with Gasteiger partial charge in [0.25, 0.3) is 0 Å². The van der Waals surface area contributed by atoms with Crippen molar-refractivity contribution in [1.29, 1.82) is 0 Å². The van der Waals surface area contributed by atoms with Crippen LogP contribution < -0.4 is 11.1 Å². The van der Waals surface area contributed by atoms with Crippen molar-refractivity contribution in [3.8, 4) is 0 Å². The predicted molar refractivity (Wildman–Crippen MR) is 62.6 cm³/mol. The lowest BCUT2D eigenvalue weighted by Gasteiger charge is -2.23. The maximum atomic E-state index is 5.99. The maximum absolute atomic E-state index is 5.99. The maximum Gasteiger partial charge on any atom is 0.222 e. The van der Waals surface area contributed by atoms with Gasteiger partial charge in [0, 0.05) is 25.0 Å². The Hall–Kier alpha value is -1.16. The lowest BCUT2D eigenvalue weighted by molar-refractivity contribution is 0.344. The van der Waals surface area contributed by atoms with E-state index in [1.165, 1.54) is 0 Å². The van der Waals surface area contributed by atoms with Crippen LogP contribution >= 0.6 is 0 Å². The van der Waals surface area contributed by atoms with Gasteiger partial charge in [0.05, 0.1) is 0 Å². The standard InChI is InChI=1S/C11H20N4/c1-11(2,3)7-9(12)8-15-10-13-5-4-6-14-10/h4-6,9H,7-8,12H2,1-3H3,(H,13,14,15). The molecule has 1 aromatic heterocycles. The van der Waals surface area contributed by atoms with Gasteiger partial charge in [-0.25, -0.2) is 9.97 Å². The number of hydrogen-bond acceptors (Lipinski definition) is 4. The molecule has 1 aromatic rings. The fourth-order valence-electron chi connectivity index (χ4n) is 1.47. The molecule has 0 aromatic carbocycles. The average molecular weight is 208 g/mol. The Labute approximate surface area is 91.3 Å². The first-order chi connectivity index (χ1) is 6.97. The highest BCUT2D eigenvalue weighted by atomic mass is 15.1. The lowest BCUT2D eigenvalue weighted by atomic mass is 9.88. The second-order valence-electron chi connectivity index (χ2n) is 4.98. The van der Waals surface area contributed by atoms with Gasteiger partial charge in [-0.2, -0.15) is 0 Å². The van der Waals surface area contributed by atoms with Crippen LogP contribution in [-0.4, -0.2) is 22.6 Å². The lowest BCUT2D eigenvalue weighted by Crippen LogP contribution is -2.33. The SMILES string of the molecule is CC(C)(C)CC(N)CNc1ncccn1. The summed E-state index contributed by atoms with van der Waals surface area (Å²) < 4.78 is 0. The number of anilines is 1. The van der Waals surface area contributed by atoms with Crippen LogP contribution in [0.2, 0.25) is 0 Å². The van der Waals surface area contributed by atoms with Crippen LogP contribution in [0.1, 0.15) is 27.2 Å². The van der Waals surface area contributed by atoms with E-state index in [1.54, 1.807) is 18.5 Å². The van der Waals surface area contributed by atoms with Crippen molar-refractivity contribution in [3.05, 3.63) is 18.5 Å². The first kappa shape index (κ1) is 11.9. The molecule has 0 bridgehead atoms. The van der Waals surface area contributed by atoms with Crippen molar-refractivity contribution in [2.75, 3.05) is 11.9 Å². The number of nitrogens with two attached hydrogens (primary N) is 1. The van der Waals surface area contributed by atoms with E-state index in [0.29, 0.717) is 12.5 Å². The summed E-state index contributed by atoms with van der Waals surface area (Å²) >= 11 is 0. The third kappa shape index (κ3) is 5.32. The molecule has 4 nitrogen and oxygen atoms in total.